The number of thiophene rings is 1. The summed E-state index contributed by atoms with van der Waals surface area (Å²) in [6.07, 6.45) is 3.50. The van der Waals surface area contributed by atoms with Crippen molar-refractivity contribution in [2.45, 2.75) is 0 Å². The monoisotopic (exact) mass is 208 g/mol. The molecule has 0 saturated carbocycles. The molecule has 0 radical (unpaired) electrons. The van der Waals surface area contributed by atoms with Gasteiger partial charge in [-0.2, -0.15) is 5.10 Å². The molecule has 4 nitrogen and oxygen atoms in total. The Labute approximate surface area is 84.5 Å². The van der Waals surface area contributed by atoms with Gasteiger partial charge in [-0.15, -0.1) is 11.3 Å². The average Bonchev–Trinajstić information content (AvgIpc) is 2.86. The molecule has 2 rings (SSSR count). The first-order valence-electron chi connectivity index (χ1n) is 3.98. The molecule has 2 aromatic heterocycles. The molecule has 5 heteroatoms. The topological polar surface area (TPSA) is 55.0 Å². The number of carbonyl (C=O) groups is 1. The van der Waals surface area contributed by atoms with E-state index in [2.05, 4.69) is 14.9 Å². The van der Waals surface area contributed by atoms with E-state index in [1.165, 1.54) is 18.4 Å². The van der Waals surface area contributed by atoms with Crippen molar-refractivity contribution in [2.24, 2.45) is 0 Å². The van der Waals surface area contributed by atoms with Crippen LogP contribution in [0.4, 0.5) is 0 Å². The average molecular weight is 208 g/mol. The van der Waals surface area contributed by atoms with Crippen molar-refractivity contribution in [2.75, 3.05) is 7.11 Å². The summed E-state index contributed by atoms with van der Waals surface area (Å²) < 4.78 is 4.61. The van der Waals surface area contributed by atoms with Crippen molar-refractivity contribution in [1.82, 2.24) is 10.2 Å². The lowest BCUT2D eigenvalue weighted by Gasteiger charge is -1.91. The molecule has 0 saturated heterocycles. The molecule has 0 unspecified atom stereocenters. The first kappa shape index (κ1) is 8.96. The van der Waals surface area contributed by atoms with Crippen LogP contribution in [0.5, 0.6) is 0 Å². The van der Waals surface area contributed by atoms with Crippen molar-refractivity contribution in [3.8, 4) is 10.4 Å². The SMILES string of the molecule is COC(=O)c1ccc(-c2cn[nH]c2)s1. The maximum absolute atomic E-state index is 11.2. The van der Waals surface area contributed by atoms with Gasteiger partial charge in [-0.1, -0.05) is 0 Å². The number of H-pyrrole nitrogens is 1. The fourth-order valence-corrected chi connectivity index (χ4v) is 1.99. The van der Waals surface area contributed by atoms with Crippen molar-refractivity contribution < 1.29 is 9.53 Å². The summed E-state index contributed by atoms with van der Waals surface area (Å²) in [6, 6.07) is 3.63. The third kappa shape index (κ3) is 1.54. The van der Waals surface area contributed by atoms with Crippen molar-refractivity contribution in [3.05, 3.63) is 29.4 Å². The summed E-state index contributed by atoms with van der Waals surface area (Å²) >= 11 is 1.39. The molecule has 0 atom stereocenters. The van der Waals surface area contributed by atoms with E-state index < -0.39 is 0 Å². The van der Waals surface area contributed by atoms with Gasteiger partial charge >= 0.3 is 5.97 Å². The highest BCUT2D eigenvalue weighted by Crippen LogP contribution is 2.27. The normalized spacial score (nSPS) is 10.1. The number of nitrogens with zero attached hydrogens (tertiary/aromatic N) is 1. The molecule has 0 aliphatic rings. The van der Waals surface area contributed by atoms with Gasteiger partial charge in [-0.3, -0.25) is 5.10 Å². The third-order valence-electron chi connectivity index (χ3n) is 1.78. The minimum absolute atomic E-state index is 0.301. The zero-order valence-corrected chi connectivity index (χ0v) is 8.30. The molecule has 0 aliphatic heterocycles. The fourth-order valence-electron chi connectivity index (χ4n) is 1.09. The Hall–Kier alpha value is -1.62. The molecule has 2 heterocycles. The maximum atomic E-state index is 11.2. The Bertz CT molecular complexity index is 433. The zero-order chi connectivity index (χ0) is 9.97. The molecule has 0 fully saturated rings. The number of hydrogen-bond donors (Lipinski definition) is 1. The molecule has 14 heavy (non-hydrogen) atoms. The molecule has 2 aromatic rings. The van der Waals surface area contributed by atoms with Gasteiger partial charge in [0, 0.05) is 16.6 Å². The van der Waals surface area contributed by atoms with Crippen LogP contribution in [0.25, 0.3) is 10.4 Å². The van der Waals surface area contributed by atoms with E-state index in [9.17, 15) is 4.79 Å². The standard InChI is InChI=1S/C9H8N2O2S/c1-13-9(12)8-3-2-7(14-8)6-4-10-11-5-6/h2-5H,1H3,(H,10,11). The fraction of sp³-hybridized carbons (Fsp3) is 0.111. The highest BCUT2D eigenvalue weighted by Gasteiger charge is 2.10. The van der Waals surface area contributed by atoms with Gasteiger partial charge in [-0.05, 0) is 12.1 Å². The van der Waals surface area contributed by atoms with Gasteiger partial charge in [-0.25, -0.2) is 4.79 Å². The molecule has 1 N–H and O–H groups in total. The van der Waals surface area contributed by atoms with E-state index in [0.29, 0.717) is 4.88 Å². The van der Waals surface area contributed by atoms with Crippen LogP contribution in [-0.2, 0) is 4.74 Å². The molecule has 72 valence electrons. The number of ether oxygens (including phenoxy) is 1. The first-order valence-corrected chi connectivity index (χ1v) is 4.80. The lowest BCUT2D eigenvalue weighted by Crippen LogP contribution is -1.96. The molecule has 0 amide bonds. The van der Waals surface area contributed by atoms with E-state index in [0.717, 1.165) is 10.4 Å². The van der Waals surface area contributed by atoms with Gasteiger partial charge in [0.1, 0.15) is 4.88 Å². The van der Waals surface area contributed by atoms with Gasteiger partial charge < -0.3 is 4.74 Å². The highest BCUT2D eigenvalue weighted by molar-refractivity contribution is 7.17. The zero-order valence-electron chi connectivity index (χ0n) is 7.48. The lowest BCUT2D eigenvalue weighted by atomic mass is 10.3. The number of rotatable bonds is 2. The molecule has 0 aromatic carbocycles. The quantitative estimate of drug-likeness (QED) is 0.767. The van der Waals surface area contributed by atoms with Crippen LogP contribution in [0.3, 0.4) is 0 Å². The largest absolute Gasteiger partial charge is 0.465 e. The number of carbonyl (C=O) groups excluding carboxylic acids is 1. The summed E-state index contributed by atoms with van der Waals surface area (Å²) in [4.78, 5) is 12.8. The summed E-state index contributed by atoms with van der Waals surface area (Å²) in [7, 11) is 1.37. The second-order valence-corrected chi connectivity index (χ2v) is 3.73. The lowest BCUT2D eigenvalue weighted by molar-refractivity contribution is 0.0606. The van der Waals surface area contributed by atoms with E-state index in [4.69, 9.17) is 0 Å². The van der Waals surface area contributed by atoms with E-state index in [1.807, 2.05) is 6.07 Å². The number of methoxy groups -OCH3 is 1. The summed E-state index contributed by atoms with van der Waals surface area (Å²) in [5.74, 6) is -0.301. The number of aromatic nitrogens is 2. The Morgan fingerprint density at radius 3 is 3.07 bits per heavy atom. The number of nitrogens with one attached hydrogen (secondary N) is 1. The Balaban J connectivity index is 2.31. The number of aromatic amines is 1. The second-order valence-electron chi connectivity index (χ2n) is 2.64. The molecular formula is C9H8N2O2S. The van der Waals surface area contributed by atoms with Gasteiger partial charge in [0.25, 0.3) is 0 Å². The molecule has 0 spiro atoms. The smallest absolute Gasteiger partial charge is 0.348 e. The third-order valence-corrected chi connectivity index (χ3v) is 2.89. The van der Waals surface area contributed by atoms with Crippen LogP contribution in [0.2, 0.25) is 0 Å². The Kier molecular flexibility index (Phi) is 2.32. The van der Waals surface area contributed by atoms with Gasteiger partial charge in [0.2, 0.25) is 0 Å². The van der Waals surface area contributed by atoms with Crippen LogP contribution in [0.1, 0.15) is 9.67 Å². The maximum Gasteiger partial charge on any atom is 0.348 e. The van der Waals surface area contributed by atoms with Crippen molar-refractivity contribution in [1.29, 1.82) is 0 Å². The summed E-state index contributed by atoms with van der Waals surface area (Å²) in [5, 5.41) is 6.56. The van der Waals surface area contributed by atoms with Crippen LogP contribution in [-0.4, -0.2) is 23.3 Å². The molecular weight excluding hydrogens is 200 g/mol. The van der Waals surface area contributed by atoms with E-state index in [-0.39, 0.29) is 5.97 Å². The van der Waals surface area contributed by atoms with Gasteiger partial charge in [0.05, 0.1) is 13.3 Å². The molecule has 0 bridgehead atoms. The molecule has 0 aliphatic carbocycles. The van der Waals surface area contributed by atoms with Crippen molar-refractivity contribution in [3.63, 3.8) is 0 Å². The highest BCUT2D eigenvalue weighted by atomic mass is 32.1. The first-order chi connectivity index (χ1) is 6.81. The van der Waals surface area contributed by atoms with E-state index >= 15 is 0 Å². The van der Waals surface area contributed by atoms with Crippen LogP contribution in [0.15, 0.2) is 24.5 Å². The Morgan fingerprint density at radius 2 is 2.43 bits per heavy atom. The number of hydrogen-bond acceptors (Lipinski definition) is 4. The van der Waals surface area contributed by atoms with E-state index in [1.54, 1.807) is 18.5 Å². The van der Waals surface area contributed by atoms with Crippen LogP contribution < -0.4 is 0 Å². The predicted octanol–water partition coefficient (Wildman–Crippen LogP) is 1.92. The minimum atomic E-state index is -0.301. The summed E-state index contributed by atoms with van der Waals surface area (Å²) in [5.41, 5.74) is 0.977. The second kappa shape index (κ2) is 3.63. The van der Waals surface area contributed by atoms with Crippen molar-refractivity contribution >= 4 is 17.3 Å². The Morgan fingerprint density at radius 1 is 1.57 bits per heavy atom. The van der Waals surface area contributed by atoms with Gasteiger partial charge in [0.15, 0.2) is 0 Å². The number of esters is 1. The minimum Gasteiger partial charge on any atom is -0.465 e. The van der Waals surface area contributed by atoms with Crippen LogP contribution in [0, 0.1) is 0 Å². The van der Waals surface area contributed by atoms with Crippen LogP contribution >= 0.6 is 11.3 Å². The predicted molar refractivity (Wildman–Crippen MR) is 53.2 cm³/mol. The summed E-state index contributed by atoms with van der Waals surface area (Å²) in [6.45, 7) is 0.